The van der Waals surface area contributed by atoms with Crippen LogP contribution in [-0.4, -0.2) is 34.2 Å². The molecule has 7 nitrogen and oxygen atoms in total. The second-order valence-corrected chi connectivity index (χ2v) is 7.11. The fourth-order valence-electron chi connectivity index (χ4n) is 3.74. The zero-order chi connectivity index (χ0) is 19.2. The Morgan fingerprint density at radius 2 is 1.93 bits per heavy atom. The van der Waals surface area contributed by atoms with Crippen molar-refractivity contribution in [3.63, 3.8) is 0 Å². The van der Waals surface area contributed by atoms with Crippen molar-refractivity contribution in [2.45, 2.75) is 44.2 Å². The molecular formula is C21H27IN6O. The largest absolute Gasteiger partial charge is 0.461 e. The first-order valence-electron chi connectivity index (χ1n) is 9.79. The number of halogens is 1. The Balaban J connectivity index is 0.00000240. The lowest BCUT2D eigenvalue weighted by atomic mass is 9.82. The van der Waals surface area contributed by atoms with E-state index in [-0.39, 0.29) is 24.0 Å². The number of aromatic amines is 1. The zero-order valence-electron chi connectivity index (χ0n) is 16.5. The molecule has 0 bridgehead atoms. The number of rotatable bonds is 5. The average Bonchev–Trinajstić information content (AvgIpc) is 3.44. The van der Waals surface area contributed by atoms with Crippen LogP contribution in [-0.2, 0) is 6.54 Å². The number of nitrogens with zero attached hydrogens (tertiary/aromatic N) is 3. The topological polar surface area (TPSA) is 91.1 Å². The highest BCUT2D eigenvalue weighted by atomic mass is 127. The maximum Gasteiger partial charge on any atom is 0.216 e. The highest BCUT2D eigenvalue weighted by Crippen LogP contribution is 2.32. The van der Waals surface area contributed by atoms with Gasteiger partial charge in [-0.15, -0.1) is 29.1 Å². The van der Waals surface area contributed by atoms with Crippen LogP contribution in [0.1, 0.15) is 43.0 Å². The number of guanidine groups is 1. The van der Waals surface area contributed by atoms with Gasteiger partial charge in [-0.1, -0.05) is 30.3 Å². The van der Waals surface area contributed by atoms with Crippen LogP contribution in [0.3, 0.4) is 0 Å². The van der Waals surface area contributed by atoms with Gasteiger partial charge in [-0.2, -0.15) is 0 Å². The first kappa shape index (κ1) is 21.4. The van der Waals surface area contributed by atoms with E-state index >= 15 is 0 Å². The van der Waals surface area contributed by atoms with Crippen molar-refractivity contribution < 1.29 is 4.42 Å². The summed E-state index contributed by atoms with van der Waals surface area (Å²) in [5.41, 5.74) is 1.46. The molecule has 0 aliphatic heterocycles. The molecule has 2 heterocycles. The van der Waals surface area contributed by atoms with Gasteiger partial charge in [0, 0.05) is 13.1 Å². The lowest BCUT2D eigenvalue weighted by Crippen LogP contribution is -2.44. The Bertz CT molecular complexity index is 885. The van der Waals surface area contributed by atoms with E-state index < -0.39 is 0 Å². The Morgan fingerprint density at radius 3 is 2.62 bits per heavy atom. The molecule has 154 valence electrons. The van der Waals surface area contributed by atoms with E-state index in [9.17, 15) is 0 Å². The number of aromatic nitrogens is 3. The first-order valence-corrected chi connectivity index (χ1v) is 9.79. The zero-order valence-corrected chi connectivity index (χ0v) is 18.8. The summed E-state index contributed by atoms with van der Waals surface area (Å²) < 4.78 is 5.32. The normalized spacial score (nSPS) is 19.4. The number of aliphatic imine (C=N–C) groups is 1. The molecule has 1 aliphatic rings. The first-order chi connectivity index (χ1) is 13.8. The molecule has 1 fully saturated rings. The van der Waals surface area contributed by atoms with Crippen molar-refractivity contribution in [2.75, 3.05) is 7.05 Å². The van der Waals surface area contributed by atoms with Gasteiger partial charge < -0.3 is 15.1 Å². The molecule has 0 spiro atoms. The fourth-order valence-corrected chi connectivity index (χ4v) is 3.74. The van der Waals surface area contributed by atoms with Crippen LogP contribution in [0.2, 0.25) is 0 Å². The van der Waals surface area contributed by atoms with Crippen molar-refractivity contribution in [1.29, 1.82) is 0 Å². The SMILES string of the molecule is CN=C(NCc1nc(-c2ccco2)n[nH]1)NC1CCC(c2ccccc2)CC1.I. The van der Waals surface area contributed by atoms with E-state index in [4.69, 9.17) is 4.42 Å². The van der Waals surface area contributed by atoms with E-state index in [1.807, 2.05) is 12.1 Å². The molecular weight excluding hydrogens is 479 g/mol. The fraction of sp³-hybridized carbons (Fsp3) is 0.381. The number of hydrogen-bond acceptors (Lipinski definition) is 4. The summed E-state index contributed by atoms with van der Waals surface area (Å²) in [7, 11) is 1.79. The molecule has 3 N–H and O–H groups in total. The Labute approximate surface area is 187 Å². The van der Waals surface area contributed by atoms with Crippen LogP contribution < -0.4 is 10.6 Å². The van der Waals surface area contributed by atoms with Crippen molar-refractivity contribution in [2.24, 2.45) is 4.99 Å². The van der Waals surface area contributed by atoms with E-state index in [1.54, 1.807) is 13.3 Å². The minimum absolute atomic E-state index is 0. The summed E-state index contributed by atoms with van der Waals surface area (Å²) >= 11 is 0. The number of hydrogen-bond donors (Lipinski definition) is 3. The monoisotopic (exact) mass is 506 g/mol. The van der Waals surface area contributed by atoms with Crippen LogP contribution in [0.15, 0.2) is 58.1 Å². The van der Waals surface area contributed by atoms with Gasteiger partial charge in [0.2, 0.25) is 5.82 Å². The summed E-state index contributed by atoms with van der Waals surface area (Å²) in [6.45, 7) is 0.521. The quantitative estimate of drug-likeness (QED) is 0.276. The summed E-state index contributed by atoms with van der Waals surface area (Å²) in [5.74, 6) is 3.41. The smallest absolute Gasteiger partial charge is 0.216 e. The molecule has 8 heteroatoms. The van der Waals surface area contributed by atoms with Crippen LogP contribution in [0.5, 0.6) is 0 Å². The van der Waals surface area contributed by atoms with Crippen molar-refractivity contribution >= 4 is 29.9 Å². The van der Waals surface area contributed by atoms with E-state index in [1.165, 1.54) is 18.4 Å². The number of H-pyrrole nitrogens is 1. The van der Waals surface area contributed by atoms with Crippen LogP contribution >= 0.6 is 24.0 Å². The molecule has 1 saturated carbocycles. The lowest BCUT2D eigenvalue weighted by molar-refractivity contribution is 0.371. The Kier molecular flexibility index (Phi) is 7.68. The van der Waals surface area contributed by atoms with Gasteiger partial charge in [0.1, 0.15) is 5.82 Å². The van der Waals surface area contributed by atoms with Crippen LogP contribution in [0.4, 0.5) is 0 Å². The molecule has 0 radical (unpaired) electrons. The minimum Gasteiger partial charge on any atom is -0.461 e. The molecule has 4 rings (SSSR count). The van der Waals surface area contributed by atoms with Crippen molar-refractivity contribution in [3.05, 3.63) is 60.1 Å². The van der Waals surface area contributed by atoms with E-state index in [2.05, 4.69) is 61.1 Å². The van der Waals surface area contributed by atoms with E-state index in [0.29, 0.717) is 30.1 Å². The molecule has 1 aromatic carbocycles. The van der Waals surface area contributed by atoms with Gasteiger partial charge in [0.15, 0.2) is 11.7 Å². The van der Waals surface area contributed by atoms with Gasteiger partial charge in [0.25, 0.3) is 0 Å². The maximum absolute atomic E-state index is 5.32. The number of furan rings is 1. The lowest BCUT2D eigenvalue weighted by Gasteiger charge is -2.30. The summed E-state index contributed by atoms with van der Waals surface area (Å²) in [6.07, 6.45) is 6.30. The van der Waals surface area contributed by atoms with Gasteiger partial charge in [-0.3, -0.25) is 10.1 Å². The Morgan fingerprint density at radius 1 is 1.14 bits per heavy atom. The molecule has 29 heavy (non-hydrogen) atoms. The van der Waals surface area contributed by atoms with Crippen LogP contribution in [0, 0.1) is 0 Å². The molecule has 0 saturated heterocycles. The molecule has 3 aromatic rings. The Hall–Kier alpha value is -2.36. The standard InChI is InChI=1S/C21H26N6O.HI/c1-22-21(23-14-19-25-20(27-26-19)18-8-5-13-28-18)24-17-11-9-16(10-12-17)15-6-3-2-4-7-15;/h2-8,13,16-17H,9-12,14H2,1H3,(H2,22,23,24)(H,25,26,27);1H. The third-order valence-electron chi connectivity index (χ3n) is 5.26. The summed E-state index contributed by atoms with van der Waals surface area (Å²) in [6, 6.07) is 14.9. The second kappa shape index (κ2) is 10.4. The number of benzene rings is 1. The maximum atomic E-state index is 5.32. The molecule has 0 amide bonds. The van der Waals surface area contributed by atoms with Crippen LogP contribution in [0.25, 0.3) is 11.6 Å². The minimum atomic E-state index is 0. The van der Waals surface area contributed by atoms with E-state index in [0.717, 1.165) is 24.6 Å². The number of nitrogens with one attached hydrogen (secondary N) is 3. The van der Waals surface area contributed by atoms with Gasteiger partial charge in [0.05, 0.1) is 12.8 Å². The summed E-state index contributed by atoms with van der Waals surface area (Å²) in [5, 5.41) is 14.0. The molecule has 1 aliphatic carbocycles. The predicted octanol–water partition coefficient (Wildman–Crippen LogP) is 4.07. The predicted molar refractivity (Wildman–Crippen MR) is 124 cm³/mol. The van der Waals surface area contributed by atoms with Crippen molar-refractivity contribution in [3.8, 4) is 11.6 Å². The highest BCUT2D eigenvalue weighted by molar-refractivity contribution is 14.0. The molecule has 0 unspecified atom stereocenters. The molecule has 0 atom stereocenters. The average molecular weight is 506 g/mol. The van der Waals surface area contributed by atoms with Gasteiger partial charge in [-0.25, -0.2) is 4.98 Å². The molecule has 2 aromatic heterocycles. The highest BCUT2D eigenvalue weighted by Gasteiger charge is 2.22. The van der Waals surface area contributed by atoms with Crippen molar-refractivity contribution in [1.82, 2.24) is 25.8 Å². The van der Waals surface area contributed by atoms with Gasteiger partial charge in [-0.05, 0) is 49.3 Å². The third-order valence-corrected chi connectivity index (χ3v) is 5.26. The summed E-state index contributed by atoms with van der Waals surface area (Å²) in [4.78, 5) is 8.79. The third kappa shape index (κ3) is 5.59. The second-order valence-electron chi connectivity index (χ2n) is 7.11. The van der Waals surface area contributed by atoms with Gasteiger partial charge >= 0.3 is 0 Å².